The predicted molar refractivity (Wildman–Crippen MR) is 60.4 cm³/mol. The van der Waals surface area contributed by atoms with Crippen LogP contribution >= 0.6 is 0 Å². The molecule has 0 aliphatic heterocycles. The lowest BCUT2D eigenvalue weighted by atomic mass is 10.1. The lowest BCUT2D eigenvalue weighted by molar-refractivity contribution is 0.569. The first-order chi connectivity index (χ1) is 6.63. The van der Waals surface area contributed by atoms with Crippen molar-refractivity contribution in [1.29, 1.82) is 0 Å². The summed E-state index contributed by atoms with van der Waals surface area (Å²) in [5.74, 6) is 0. The monoisotopic (exact) mass is 192 g/mol. The molecule has 1 aromatic heterocycles. The molecule has 2 nitrogen and oxygen atoms in total. The van der Waals surface area contributed by atoms with Crippen LogP contribution in [0.2, 0.25) is 0 Å². The fraction of sp³-hybridized carbons (Fsp3) is 0.583. The smallest absolute Gasteiger partial charge is 0.0379 e. The highest BCUT2D eigenvalue weighted by Gasteiger charge is 2.05. The lowest BCUT2D eigenvalue weighted by Gasteiger charge is -2.14. The van der Waals surface area contributed by atoms with Gasteiger partial charge in [0.2, 0.25) is 0 Å². The first kappa shape index (κ1) is 11.2. The molecule has 1 heterocycles. The van der Waals surface area contributed by atoms with Gasteiger partial charge in [-0.3, -0.25) is 4.98 Å². The van der Waals surface area contributed by atoms with Crippen molar-refractivity contribution < 1.29 is 0 Å². The number of hydrogen-bond donors (Lipinski definition) is 1. The average molecular weight is 192 g/mol. The molecule has 0 saturated carbocycles. The summed E-state index contributed by atoms with van der Waals surface area (Å²) >= 11 is 0. The SMILES string of the molecule is CCCNC(C)c1cc(C)nc(C)c1. The Hall–Kier alpha value is -0.890. The van der Waals surface area contributed by atoms with Gasteiger partial charge in [0.1, 0.15) is 0 Å². The van der Waals surface area contributed by atoms with E-state index >= 15 is 0 Å². The molecule has 0 spiro atoms. The summed E-state index contributed by atoms with van der Waals surface area (Å²) in [6.07, 6.45) is 1.17. The van der Waals surface area contributed by atoms with Crippen molar-refractivity contribution in [3.8, 4) is 0 Å². The van der Waals surface area contributed by atoms with Crippen LogP contribution in [0.4, 0.5) is 0 Å². The standard InChI is InChI=1S/C12H20N2/c1-5-6-13-11(4)12-7-9(2)14-10(3)8-12/h7-8,11,13H,5-6H2,1-4H3. The van der Waals surface area contributed by atoms with Crippen LogP contribution in [0.15, 0.2) is 12.1 Å². The number of nitrogens with one attached hydrogen (secondary N) is 1. The minimum Gasteiger partial charge on any atom is -0.310 e. The molecule has 0 amide bonds. The van der Waals surface area contributed by atoms with Crippen molar-refractivity contribution >= 4 is 0 Å². The summed E-state index contributed by atoms with van der Waals surface area (Å²) in [7, 11) is 0. The third kappa shape index (κ3) is 3.11. The van der Waals surface area contributed by atoms with Crippen LogP contribution in [0, 0.1) is 13.8 Å². The van der Waals surface area contributed by atoms with Crippen molar-refractivity contribution in [3.63, 3.8) is 0 Å². The van der Waals surface area contributed by atoms with Crippen molar-refractivity contribution in [2.45, 2.75) is 40.2 Å². The largest absolute Gasteiger partial charge is 0.310 e. The molecule has 78 valence electrons. The summed E-state index contributed by atoms with van der Waals surface area (Å²) in [6, 6.07) is 4.73. The Morgan fingerprint density at radius 1 is 1.29 bits per heavy atom. The van der Waals surface area contributed by atoms with E-state index < -0.39 is 0 Å². The van der Waals surface area contributed by atoms with Gasteiger partial charge in [-0.2, -0.15) is 0 Å². The van der Waals surface area contributed by atoms with E-state index in [-0.39, 0.29) is 0 Å². The van der Waals surface area contributed by atoms with Crippen LogP contribution in [-0.4, -0.2) is 11.5 Å². The molecule has 1 aromatic rings. The summed E-state index contributed by atoms with van der Waals surface area (Å²) in [6.45, 7) is 9.54. The Morgan fingerprint density at radius 2 is 1.86 bits per heavy atom. The highest BCUT2D eigenvalue weighted by molar-refractivity contribution is 5.22. The quantitative estimate of drug-likeness (QED) is 0.793. The molecular formula is C12H20N2. The second-order valence-electron chi connectivity index (χ2n) is 3.86. The molecule has 0 bridgehead atoms. The van der Waals surface area contributed by atoms with E-state index in [9.17, 15) is 0 Å². The Morgan fingerprint density at radius 3 is 2.36 bits per heavy atom. The molecule has 1 N–H and O–H groups in total. The number of aryl methyl sites for hydroxylation is 2. The first-order valence-corrected chi connectivity index (χ1v) is 5.32. The van der Waals surface area contributed by atoms with E-state index in [1.54, 1.807) is 0 Å². The molecule has 2 heteroatoms. The van der Waals surface area contributed by atoms with E-state index in [2.05, 4.69) is 36.3 Å². The highest BCUT2D eigenvalue weighted by atomic mass is 14.9. The second kappa shape index (κ2) is 5.11. The zero-order chi connectivity index (χ0) is 10.6. The van der Waals surface area contributed by atoms with E-state index in [1.165, 1.54) is 12.0 Å². The molecule has 1 atom stereocenters. The summed E-state index contributed by atoms with van der Waals surface area (Å²) in [4.78, 5) is 4.37. The number of aromatic nitrogens is 1. The molecular weight excluding hydrogens is 172 g/mol. The van der Waals surface area contributed by atoms with Crippen LogP contribution < -0.4 is 5.32 Å². The molecule has 0 saturated heterocycles. The van der Waals surface area contributed by atoms with Gasteiger partial charge in [0.15, 0.2) is 0 Å². The van der Waals surface area contributed by atoms with E-state index in [0.29, 0.717) is 6.04 Å². The molecule has 0 aliphatic rings. The fourth-order valence-electron chi connectivity index (χ4n) is 1.60. The van der Waals surface area contributed by atoms with Crippen LogP contribution in [0.3, 0.4) is 0 Å². The van der Waals surface area contributed by atoms with Gasteiger partial charge in [-0.15, -0.1) is 0 Å². The van der Waals surface area contributed by atoms with Gasteiger partial charge < -0.3 is 5.32 Å². The zero-order valence-corrected chi connectivity index (χ0v) is 9.59. The van der Waals surface area contributed by atoms with Gasteiger partial charge in [0, 0.05) is 17.4 Å². The average Bonchev–Trinajstić information content (AvgIpc) is 2.12. The summed E-state index contributed by atoms with van der Waals surface area (Å²) in [5.41, 5.74) is 3.54. The molecule has 0 aliphatic carbocycles. The maximum Gasteiger partial charge on any atom is 0.0379 e. The van der Waals surface area contributed by atoms with Crippen molar-refractivity contribution in [2.75, 3.05) is 6.54 Å². The van der Waals surface area contributed by atoms with E-state index in [4.69, 9.17) is 0 Å². The zero-order valence-electron chi connectivity index (χ0n) is 9.59. The topological polar surface area (TPSA) is 24.9 Å². The van der Waals surface area contributed by atoms with Crippen LogP contribution in [0.5, 0.6) is 0 Å². The Kier molecular flexibility index (Phi) is 4.08. The lowest BCUT2D eigenvalue weighted by Crippen LogP contribution is -2.19. The van der Waals surface area contributed by atoms with Gasteiger partial charge in [-0.25, -0.2) is 0 Å². The van der Waals surface area contributed by atoms with Gasteiger partial charge in [0.25, 0.3) is 0 Å². The first-order valence-electron chi connectivity index (χ1n) is 5.32. The second-order valence-corrected chi connectivity index (χ2v) is 3.86. The van der Waals surface area contributed by atoms with Gasteiger partial charge in [-0.1, -0.05) is 6.92 Å². The third-order valence-electron chi connectivity index (χ3n) is 2.30. The van der Waals surface area contributed by atoms with Gasteiger partial charge >= 0.3 is 0 Å². The maximum atomic E-state index is 4.37. The normalized spacial score (nSPS) is 12.9. The third-order valence-corrected chi connectivity index (χ3v) is 2.30. The number of pyridine rings is 1. The van der Waals surface area contributed by atoms with Crippen LogP contribution in [0.1, 0.15) is 43.3 Å². The maximum absolute atomic E-state index is 4.37. The number of nitrogens with zero attached hydrogens (tertiary/aromatic N) is 1. The van der Waals surface area contributed by atoms with Crippen molar-refractivity contribution in [2.24, 2.45) is 0 Å². The molecule has 0 fully saturated rings. The predicted octanol–water partition coefficient (Wildman–Crippen LogP) is 2.76. The van der Waals surface area contributed by atoms with Gasteiger partial charge in [-0.05, 0) is 51.4 Å². The van der Waals surface area contributed by atoms with Crippen LogP contribution in [-0.2, 0) is 0 Å². The van der Waals surface area contributed by atoms with Crippen molar-refractivity contribution in [3.05, 3.63) is 29.1 Å². The Labute approximate surface area is 86.8 Å². The molecule has 1 rings (SSSR count). The van der Waals surface area contributed by atoms with Crippen molar-refractivity contribution in [1.82, 2.24) is 10.3 Å². The minimum atomic E-state index is 0.426. The van der Waals surface area contributed by atoms with E-state index in [0.717, 1.165) is 17.9 Å². The Balaban J connectivity index is 2.73. The minimum absolute atomic E-state index is 0.426. The number of rotatable bonds is 4. The molecule has 1 unspecified atom stereocenters. The van der Waals surface area contributed by atoms with E-state index in [1.807, 2.05) is 13.8 Å². The fourth-order valence-corrected chi connectivity index (χ4v) is 1.60. The molecule has 0 radical (unpaired) electrons. The molecule has 14 heavy (non-hydrogen) atoms. The number of hydrogen-bond acceptors (Lipinski definition) is 2. The highest BCUT2D eigenvalue weighted by Crippen LogP contribution is 2.14. The van der Waals surface area contributed by atoms with Gasteiger partial charge in [0.05, 0.1) is 0 Å². The van der Waals surface area contributed by atoms with Crippen LogP contribution in [0.25, 0.3) is 0 Å². The Bertz CT molecular complexity index is 274. The summed E-state index contributed by atoms with van der Waals surface area (Å²) in [5, 5.41) is 3.48. The molecule has 0 aromatic carbocycles. The summed E-state index contributed by atoms with van der Waals surface area (Å²) < 4.78 is 0.